The Balaban J connectivity index is 1.46. The Morgan fingerprint density at radius 1 is 1.15 bits per heavy atom. The fraction of sp³-hybridized carbons (Fsp3) is 0.200. The van der Waals surface area contributed by atoms with Crippen LogP contribution in [0.3, 0.4) is 0 Å². The molecule has 1 N–H and O–H groups in total. The number of nitrogens with zero attached hydrogens (tertiary/aromatic N) is 3. The van der Waals surface area contributed by atoms with Crippen LogP contribution >= 0.6 is 11.6 Å². The third kappa shape index (κ3) is 3.84. The summed E-state index contributed by atoms with van der Waals surface area (Å²) in [4.78, 5) is 11.3. The summed E-state index contributed by atoms with van der Waals surface area (Å²) < 4.78 is 13.8. The van der Waals surface area contributed by atoms with Crippen LogP contribution in [-0.2, 0) is 19.5 Å². The van der Waals surface area contributed by atoms with E-state index in [0.717, 1.165) is 42.3 Å². The maximum Gasteiger partial charge on any atom is 0.227 e. The van der Waals surface area contributed by atoms with Crippen LogP contribution in [0, 0.1) is 5.82 Å². The first-order valence-corrected chi connectivity index (χ1v) is 8.88. The van der Waals surface area contributed by atoms with Crippen LogP contribution in [0.5, 0.6) is 0 Å². The predicted molar refractivity (Wildman–Crippen MR) is 101 cm³/mol. The van der Waals surface area contributed by atoms with Crippen molar-refractivity contribution >= 4 is 23.2 Å². The molecule has 1 aromatic heterocycles. The van der Waals surface area contributed by atoms with Crippen LogP contribution in [0.15, 0.2) is 54.7 Å². The molecule has 4 nitrogen and oxygen atoms in total. The lowest BCUT2D eigenvalue weighted by atomic mass is 10.1. The molecule has 0 bridgehead atoms. The summed E-state index contributed by atoms with van der Waals surface area (Å²) in [5.74, 6) is 0.110. The maximum atomic E-state index is 13.8. The van der Waals surface area contributed by atoms with Crippen LogP contribution in [0.2, 0.25) is 5.02 Å². The molecule has 0 aliphatic carbocycles. The Labute approximate surface area is 156 Å². The van der Waals surface area contributed by atoms with E-state index in [-0.39, 0.29) is 5.82 Å². The minimum Gasteiger partial charge on any atom is -0.322 e. The SMILES string of the molecule is Fc1ccccc1Nc1ncc2c(n1)CCN(Cc1cccc(Cl)c1)C2. The molecule has 0 radical (unpaired) electrons. The van der Waals surface area contributed by atoms with E-state index in [1.165, 1.54) is 11.6 Å². The molecule has 0 amide bonds. The Morgan fingerprint density at radius 2 is 2.04 bits per heavy atom. The van der Waals surface area contributed by atoms with E-state index in [2.05, 4.69) is 26.3 Å². The van der Waals surface area contributed by atoms with Crippen molar-refractivity contribution in [1.82, 2.24) is 14.9 Å². The van der Waals surface area contributed by atoms with Crippen LogP contribution in [0.25, 0.3) is 0 Å². The second kappa shape index (κ2) is 7.40. The quantitative estimate of drug-likeness (QED) is 0.732. The number of rotatable bonds is 4. The molecule has 2 aromatic carbocycles. The second-order valence-corrected chi connectivity index (χ2v) is 6.80. The maximum absolute atomic E-state index is 13.8. The van der Waals surface area contributed by atoms with E-state index in [1.54, 1.807) is 18.2 Å². The van der Waals surface area contributed by atoms with Crippen LogP contribution < -0.4 is 5.32 Å². The van der Waals surface area contributed by atoms with E-state index in [1.807, 2.05) is 24.4 Å². The van der Waals surface area contributed by atoms with Crippen LogP contribution in [0.4, 0.5) is 16.0 Å². The molecule has 26 heavy (non-hydrogen) atoms. The van der Waals surface area contributed by atoms with Gasteiger partial charge in [-0.1, -0.05) is 35.9 Å². The number of halogens is 2. The lowest BCUT2D eigenvalue weighted by Gasteiger charge is -2.28. The summed E-state index contributed by atoms with van der Waals surface area (Å²) in [6, 6.07) is 14.4. The van der Waals surface area contributed by atoms with Crippen molar-refractivity contribution in [3.05, 3.63) is 82.4 Å². The molecule has 0 unspecified atom stereocenters. The van der Waals surface area contributed by atoms with Gasteiger partial charge in [0, 0.05) is 42.8 Å². The third-order valence-corrected chi connectivity index (χ3v) is 4.66. The summed E-state index contributed by atoms with van der Waals surface area (Å²) >= 11 is 6.07. The number of hydrogen-bond acceptors (Lipinski definition) is 4. The zero-order chi connectivity index (χ0) is 17.9. The molecule has 0 fully saturated rings. The van der Waals surface area contributed by atoms with Gasteiger partial charge in [0.15, 0.2) is 0 Å². The van der Waals surface area contributed by atoms with Gasteiger partial charge >= 0.3 is 0 Å². The van der Waals surface area contributed by atoms with Gasteiger partial charge in [-0.05, 0) is 29.8 Å². The number of para-hydroxylation sites is 1. The second-order valence-electron chi connectivity index (χ2n) is 6.36. The number of nitrogens with one attached hydrogen (secondary N) is 1. The van der Waals surface area contributed by atoms with Gasteiger partial charge in [0.25, 0.3) is 0 Å². The lowest BCUT2D eigenvalue weighted by molar-refractivity contribution is 0.243. The average molecular weight is 369 g/mol. The normalized spacial score (nSPS) is 14.1. The summed E-state index contributed by atoms with van der Waals surface area (Å²) in [5.41, 5.74) is 3.70. The highest BCUT2D eigenvalue weighted by atomic mass is 35.5. The number of fused-ring (bicyclic) bond motifs is 1. The highest BCUT2D eigenvalue weighted by molar-refractivity contribution is 6.30. The number of hydrogen-bond donors (Lipinski definition) is 1. The Hall–Kier alpha value is -2.50. The molecule has 6 heteroatoms. The summed E-state index contributed by atoms with van der Waals surface area (Å²) in [5, 5.41) is 3.71. The first-order valence-electron chi connectivity index (χ1n) is 8.50. The fourth-order valence-electron chi connectivity index (χ4n) is 3.15. The topological polar surface area (TPSA) is 41.1 Å². The molecule has 132 valence electrons. The zero-order valence-electron chi connectivity index (χ0n) is 14.1. The first-order chi connectivity index (χ1) is 12.7. The molecule has 1 aliphatic heterocycles. The minimum atomic E-state index is -0.318. The van der Waals surface area contributed by atoms with Crippen molar-refractivity contribution in [1.29, 1.82) is 0 Å². The molecule has 0 spiro atoms. The first kappa shape index (κ1) is 16.9. The third-order valence-electron chi connectivity index (χ3n) is 4.43. The van der Waals surface area contributed by atoms with Crippen molar-refractivity contribution in [2.75, 3.05) is 11.9 Å². The smallest absolute Gasteiger partial charge is 0.227 e. The Bertz CT molecular complexity index is 931. The van der Waals surface area contributed by atoms with Gasteiger partial charge in [0.1, 0.15) is 5.82 Å². The largest absolute Gasteiger partial charge is 0.322 e. The van der Waals surface area contributed by atoms with Gasteiger partial charge in [0.05, 0.1) is 11.4 Å². The predicted octanol–water partition coefficient (Wildman–Crippen LogP) is 4.57. The van der Waals surface area contributed by atoms with E-state index in [9.17, 15) is 4.39 Å². The van der Waals surface area contributed by atoms with Crippen molar-refractivity contribution in [2.45, 2.75) is 19.5 Å². The van der Waals surface area contributed by atoms with Gasteiger partial charge in [-0.15, -0.1) is 0 Å². The van der Waals surface area contributed by atoms with Crippen LogP contribution in [0.1, 0.15) is 16.8 Å². The number of anilines is 2. The van der Waals surface area contributed by atoms with Crippen molar-refractivity contribution in [3.63, 3.8) is 0 Å². The Morgan fingerprint density at radius 3 is 2.88 bits per heavy atom. The van der Waals surface area contributed by atoms with E-state index < -0.39 is 0 Å². The lowest BCUT2D eigenvalue weighted by Crippen LogP contribution is -2.31. The van der Waals surface area contributed by atoms with Gasteiger partial charge in [0.2, 0.25) is 5.95 Å². The molecule has 0 atom stereocenters. The monoisotopic (exact) mass is 368 g/mol. The van der Waals surface area contributed by atoms with Crippen molar-refractivity contribution in [3.8, 4) is 0 Å². The molecule has 3 aromatic rings. The molecular weight excluding hydrogens is 351 g/mol. The van der Waals surface area contributed by atoms with Gasteiger partial charge in [-0.2, -0.15) is 0 Å². The van der Waals surface area contributed by atoms with Crippen LogP contribution in [-0.4, -0.2) is 21.4 Å². The minimum absolute atomic E-state index is 0.318. The molecule has 0 saturated heterocycles. The van der Waals surface area contributed by atoms with E-state index in [0.29, 0.717) is 11.6 Å². The van der Waals surface area contributed by atoms with Gasteiger partial charge in [-0.3, -0.25) is 4.90 Å². The molecular formula is C20H18ClFN4. The van der Waals surface area contributed by atoms with Crippen molar-refractivity contribution < 1.29 is 4.39 Å². The molecule has 2 heterocycles. The van der Waals surface area contributed by atoms with E-state index in [4.69, 9.17) is 11.6 Å². The highest BCUT2D eigenvalue weighted by Crippen LogP contribution is 2.22. The Kier molecular flexibility index (Phi) is 4.82. The zero-order valence-corrected chi connectivity index (χ0v) is 14.9. The molecule has 1 aliphatic rings. The number of aromatic nitrogens is 2. The van der Waals surface area contributed by atoms with E-state index >= 15 is 0 Å². The summed E-state index contributed by atoms with van der Waals surface area (Å²) in [6.07, 6.45) is 2.67. The summed E-state index contributed by atoms with van der Waals surface area (Å²) in [7, 11) is 0. The fourth-order valence-corrected chi connectivity index (χ4v) is 3.36. The molecule has 4 rings (SSSR count). The molecule has 0 saturated carbocycles. The van der Waals surface area contributed by atoms with Crippen molar-refractivity contribution in [2.24, 2.45) is 0 Å². The standard InChI is InChI=1S/C20H18ClFN4/c21-16-5-3-4-14(10-16)12-26-9-8-18-15(13-26)11-23-20(24-18)25-19-7-2-1-6-17(19)22/h1-7,10-11H,8-9,12-13H2,(H,23,24,25). The average Bonchev–Trinajstić information content (AvgIpc) is 2.64. The van der Waals surface area contributed by atoms with Gasteiger partial charge < -0.3 is 5.32 Å². The number of benzene rings is 2. The van der Waals surface area contributed by atoms with Gasteiger partial charge in [-0.25, -0.2) is 14.4 Å². The summed E-state index contributed by atoms with van der Waals surface area (Å²) in [6.45, 7) is 2.55. The highest BCUT2D eigenvalue weighted by Gasteiger charge is 2.19.